The Morgan fingerprint density at radius 3 is 2.77 bits per heavy atom. The number of amides is 1. The third-order valence-corrected chi connectivity index (χ3v) is 5.04. The molecule has 1 aromatic carbocycles. The third kappa shape index (κ3) is 2.86. The lowest BCUT2D eigenvalue weighted by Gasteiger charge is -2.30. The van der Waals surface area contributed by atoms with Gasteiger partial charge in [0.1, 0.15) is 10.6 Å². The molecule has 2 heterocycles. The normalized spacial score (nSPS) is 18.5. The average Bonchev–Trinajstić information content (AvgIpc) is 2.89. The molecule has 4 nitrogen and oxygen atoms in total. The molecular weight excluding hydrogens is 294 g/mol. The summed E-state index contributed by atoms with van der Waals surface area (Å²) in [7, 11) is 0. The second-order valence-corrected chi connectivity index (χ2v) is 6.91. The van der Waals surface area contributed by atoms with Crippen molar-refractivity contribution in [3.8, 4) is 11.3 Å². The van der Waals surface area contributed by atoms with Crippen LogP contribution in [0.2, 0.25) is 0 Å². The highest BCUT2D eigenvalue weighted by Gasteiger charge is 2.26. The lowest BCUT2D eigenvalue weighted by Crippen LogP contribution is -2.39. The number of hydrogen-bond donors (Lipinski definition) is 1. The van der Waals surface area contributed by atoms with E-state index in [0.717, 1.165) is 30.8 Å². The minimum absolute atomic E-state index is 0.0277. The Morgan fingerprint density at radius 1 is 1.36 bits per heavy atom. The maximum atomic E-state index is 12.7. The van der Waals surface area contributed by atoms with Gasteiger partial charge in [-0.25, -0.2) is 0 Å². The number of nitrogen functional groups attached to an aromatic ring is 1. The van der Waals surface area contributed by atoms with E-state index in [1.165, 1.54) is 23.5 Å². The summed E-state index contributed by atoms with van der Waals surface area (Å²) >= 11 is 1.21. The Kier molecular flexibility index (Phi) is 4.16. The fraction of sp³-hybridized carbons (Fsp3) is 0.412. The van der Waals surface area contributed by atoms with Crippen molar-refractivity contribution < 1.29 is 4.79 Å². The molecule has 0 bridgehead atoms. The van der Waals surface area contributed by atoms with Crippen LogP contribution in [0.3, 0.4) is 0 Å². The Labute approximate surface area is 135 Å². The van der Waals surface area contributed by atoms with Gasteiger partial charge in [-0.05, 0) is 37.2 Å². The standard InChI is InChI=1S/C17H21N3OS/c1-11-5-7-13(8-6-11)15-14(18)16(22-19-15)17(21)20-9-3-4-12(2)10-20/h5-8,12H,3-4,9-10,18H2,1-2H3. The van der Waals surface area contributed by atoms with Gasteiger partial charge in [0.05, 0.1) is 5.69 Å². The SMILES string of the molecule is Cc1ccc(-c2nsc(C(=O)N3CCCC(C)C3)c2N)cc1. The minimum atomic E-state index is 0.0277. The predicted molar refractivity (Wildman–Crippen MR) is 91.0 cm³/mol. The first-order chi connectivity index (χ1) is 10.6. The van der Waals surface area contributed by atoms with E-state index in [1.807, 2.05) is 36.1 Å². The molecule has 22 heavy (non-hydrogen) atoms. The number of carbonyl (C=O) groups is 1. The second-order valence-electron chi connectivity index (χ2n) is 6.14. The molecular formula is C17H21N3OS. The van der Waals surface area contributed by atoms with Crippen LogP contribution in [0.1, 0.15) is 35.0 Å². The zero-order valence-electron chi connectivity index (χ0n) is 13.0. The number of piperidine rings is 1. The van der Waals surface area contributed by atoms with Crippen molar-refractivity contribution in [1.82, 2.24) is 9.27 Å². The lowest BCUT2D eigenvalue weighted by atomic mass is 10.00. The van der Waals surface area contributed by atoms with Crippen LogP contribution < -0.4 is 5.73 Å². The van der Waals surface area contributed by atoms with E-state index in [1.54, 1.807) is 0 Å². The molecule has 0 aliphatic carbocycles. The summed E-state index contributed by atoms with van der Waals surface area (Å²) in [5.41, 5.74) is 9.60. The number of benzene rings is 1. The van der Waals surface area contributed by atoms with Gasteiger partial charge in [0, 0.05) is 18.7 Å². The third-order valence-electron chi connectivity index (χ3n) is 4.19. The Hall–Kier alpha value is -1.88. The highest BCUT2D eigenvalue weighted by atomic mass is 32.1. The van der Waals surface area contributed by atoms with Crippen LogP contribution >= 0.6 is 11.5 Å². The summed E-state index contributed by atoms with van der Waals surface area (Å²) < 4.78 is 4.42. The van der Waals surface area contributed by atoms with Crippen molar-refractivity contribution in [2.45, 2.75) is 26.7 Å². The molecule has 0 radical (unpaired) electrons. The number of nitrogens with two attached hydrogens (primary N) is 1. The van der Waals surface area contributed by atoms with Crippen LogP contribution in [0.4, 0.5) is 5.69 Å². The molecule has 1 fully saturated rings. The summed E-state index contributed by atoms with van der Waals surface area (Å²) in [4.78, 5) is 15.2. The maximum Gasteiger partial charge on any atom is 0.267 e. The zero-order chi connectivity index (χ0) is 15.7. The van der Waals surface area contributed by atoms with Crippen molar-refractivity contribution in [3.63, 3.8) is 0 Å². The zero-order valence-corrected chi connectivity index (χ0v) is 13.8. The number of carbonyl (C=O) groups excluding carboxylic acids is 1. The molecule has 1 aliphatic heterocycles. The predicted octanol–water partition coefficient (Wildman–Crippen LogP) is 3.57. The van der Waals surface area contributed by atoms with Gasteiger partial charge in [-0.2, -0.15) is 4.37 Å². The van der Waals surface area contributed by atoms with Crippen LogP contribution in [0, 0.1) is 12.8 Å². The van der Waals surface area contributed by atoms with E-state index in [9.17, 15) is 4.79 Å². The van der Waals surface area contributed by atoms with Crippen molar-refractivity contribution in [3.05, 3.63) is 34.7 Å². The summed E-state index contributed by atoms with van der Waals surface area (Å²) in [6.07, 6.45) is 2.26. The van der Waals surface area contributed by atoms with Crippen LogP contribution in [0.5, 0.6) is 0 Å². The summed E-state index contributed by atoms with van der Waals surface area (Å²) in [5, 5.41) is 0. The van der Waals surface area contributed by atoms with Crippen molar-refractivity contribution in [2.24, 2.45) is 5.92 Å². The maximum absolute atomic E-state index is 12.7. The van der Waals surface area contributed by atoms with Crippen LogP contribution in [0.15, 0.2) is 24.3 Å². The molecule has 116 valence electrons. The van der Waals surface area contributed by atoms with Gasteiger partial charge in [-0.1, -0.05) is 36.8 Å². The van der Waals surface area contributed by atoms with E-state index in [0.29, 0.717) is 16.5 Å². The first-order valence-corrected chi connectivity index (χ1v) is 8.45. The Balaban J connectivity index is 1.86. The molecule has 1 unspecified atom stereocenters. The van der Waals surface area contributed by atoms with Gasteiger partial charge in [0.2, 0.25) is 0 Å². The number of anilines is 1. The fourth-order valence-electron chi connectivity index (χ4n) is 2.89. The van der Waals surface area contributed by atoms with E-state index < -0.39 is 0 Å². The molecule has 1 saturated heterocycles. The minimum Gasteiger partial charge on any atom is -0.396 e. The van der Waals surface area contributed by atoms with E-state index in [2.05, 4.69) is 11.3 Å². The van der Waals surface area contributed by atoms with Gasteiger partial charge in [-0.15, -0.1) is 0 Å². The van der Waals surface area contributed by atoms with Gasteiger partial charge in [0.15, 0.2) is 0 Å². The van der Waals surface area contributed by atoms with E-state index >= 15 is 0 Å². The number of hydrogen-bond acceptors (Lipinski definition) is 4. The van der Waals surface area contributed by atoms with Crippen LogP contribution in [-0.4, -0.2) is 28.3 Å². The molecule has 1 amide bonds. The van der Waals surface area contributed by atoms with Gasteiger partial charge >= 0.3 is 0 Å². The number of aromatic nitrogens is 1. The molecule has 2 aromatic rings. The molecule has 1 atom stereocenters. The van der Waals surface area contributed by atoms with Crippen molar-refractivity contribution in [2.75, 3.05) is 18.8 Å². The molecule has 3 rings (SSSR count). The monoisotopic (exact) mass is 315 g/mol. The number of nitrogens with zero attached hydrogens (tertiary/aromatic N) is 2. The van der Waals surface area contributed by atoms with Crippen LogP contribution in [-0.2, 0) is 0 Å². The molecule has 0 spiro atoms. The second kappa shape index (κ2) is 6.08. The Bertz CT molecular complexity index is 678. The summed E-state index contributed by atoms with van der Waals surface area (Å²) in [6, 6.07) is 8.06. The van der Waals surface area contributed by atoms with E-state index in [-0.39, 0.29) is 5.91 Å². The van der Waals surface area contributed by atoms with Gasteiger partial charge < -0.3 is 10.6 Å². The van der Waals surface area contributed by atoms with E-state index in [4.69, 9.17) is 5.73 Å². The number of likely N-dealkylation sites (tertiary alicyclic amines) is 1. The summed E-state index contributed by atoms with van der Waals surface area (Å²) in [5.74, 6) is 0.586. The topological polar surface area (TPSA) is 59.2 Å². The first-order valence-electron chi connectivity index (χ1n) is 7.67. The molecule has 2 N–H and O–H groups in total. The average molecular weight is 315 g/mol. The quantitative estimate of drug-likeness (QED) is 0.921. The molecule has 1 aliphatic rings. The number of rotatable bonds is 2. The van der Waals surface area contributed by atoms with Crippen LogP contribution in [0.25, 0.3) is 11.3 Å². The smallest absolute Gasteiger partial charge is 0.267 e. The first kappa shape index (κ1) is 15.0. The van der Waals surface area contributed by atoms with Crippen molar-refractivity contribution in [1.29, 1.82) is 0 Å². The molecule has 5 heteroatoms. The Morgan fingerprint density at radius 2 is 2.09 bits per heavy atom. The van der Waals surface area contributed by atoms with Gasteiger partial charge in [-0.3, -0.25) is 4.79 Å². The number of aryl methyl sites for hydroxylation is 1. The summed E-state index contributed by atoms with van der Waals surface area (Å²) in [6.45, 7) is 5.87. The van der Waals surface area contributed by atoms with Gasteiger partial charge in [0.25, 0.3) is 5.91 Å². The molecule has 1 aromatic heterocycles. The lowest BCUT2D eigenvalue weighted by molar-refractivity contribution is 0.0689. The van der Waals surface area contributed by atoms with Crippen molar-refractivity contribution >= 4 is 23.1 Å². The highest BCUT2D eigenvalue weighted by Crippen LogP contribution is 2.32. The highest BCUT2D eigenvalue weighted by molar-refractivity contribution is 7.09. The fourth-order valence-corrected chi connectivity index (χ4v) is 3.68. The largest absolute Gasteiger partial charge is 0.396 e. The molecule has 0 saturated carbocycles.